The van der Waals surface area contributed by atoms with Crippen LogP contribution in [-0.4, -0.2) is 69.7 Å². The Balaban J connectivity index is 2.27. The molecule has 0 spiro atoms. The third-order valence-corrected chi connectivity index (χ3v) is 7.21. The van der Waals surface area contributed by atoms with Crippen molar-refractivity contribution in [2.75, 3.05) is 13.2 Å². The number of alkyl carbamates (subject to hydrolysis) is 1. The smallest absolute Gasteiger partial charge is 0.444 e. The lowest BCUT2D eigenvalue weighted by Crippen LogP contribution is -2.51. The summed E-state index contributed by atoms with van der Waals surface area (Å²) in [6, 6.07) is 16.9. The third kappa shape index (κ3) is 16.0. The molecule has 2 aromatic carbocycles. The number of phosphoric ester groups is 1. The summed E-state index contributed by atoms with van der Waals surface area (Å²) in [4.78, 5) is 57.3. The zero-order chi connectivity index (χ0) is 33.6. The van der Waals surface area contributed by atoms with E-state index in [2.05, 4.69) is 20.5 Å². The van der Waals surface area contributed by atoms with E-state index in [0.717, 1.165) is 11.1 Å². The molecule has 0 fully saturated rings. The van der Waals surface area contributed by atoms with E-state index >= 15 is 0 Å². The average Bonchev–Trinajstić information content (AvgIpc) is 2.93. The van der Waals surface area contributed by atoms with Crippen LogP contribution < -0.4 is 16.0 Å². The normalized spacial score (nSPS) is 14.6. The number of rotatable bonds is 17. The molecule has 0 aromatic heterocycles. The predicted molar refractivity (Wildman–Crippen MR) is 170 cm³/mol. The second kappa shape index (κ2) is 18.0. The van der Waals surface area contributed by atoms with Crippen LogP contribution in [-0.2, 0) is 36.3 Å². The maximum atomic E-state index is 13.8. The standard InChI is InChI=1S/C32H48N3O9P/c1-22(2)18-27(30(38)33-16-17-43-45(40,41)42)34-29(37)25(19-23-12-8-6-9-13-23)21-28(36)26(20-24-14-10-7-11-15-24)35-31(39)44-32(3,4)5/h6-15,22,25-28,36H,16-21H2,1-5H3,(H,33,38)(H,34,37)(H,35,39)(H2,40,41,42)/t25-,26+,27+,28+/m1/s1. The first-order valence-electron chi connectivity index (χ1n) is 15.1. The zero-order valence-corrected chi connectivity index (χ0v) is 27.5. The Morgan fingerprint density at radius 1 is 0.844 bits per heavy atom. The number of nitrogens with one attached hydrogen (secondary N) is 3. The number of carbonyl (C=O) groups is 3. The molecule has 13 heteroatoms. The van der Waals surface area contributed by atoms with Gasteiger partial charge in [-0.15, -0.1) is 0 Å². The fourth-order valence-electron chi connectivity index (χ4n) is 4.70. The molecule has 2 aromatic rings. The molecule has 4 atom stereocenters. The van der Waals surface area contributed by atoms with Gasteiger partial charge in [0.05, 0.1) is 18.8 Å². The quantitative estimate of drug-likeness (QED) is 0.110. The SMILES string of the molecule is CC(C)C[C@H](NC(=O)[C@H](Cc1ccccc1)C[C@H](O)[C@H](Cc1ccccc1)NC(=O)OC(C)(C)C)C(=O)NCCOP(=O)(O)O. The van der Waals surface area contributed by atoms with Crippen molar-refractivity contribution in [2.24, 2.45) is 11.8 Å². The Hall–Kier alpha value is -3.28. The van der Waals surface area contributed by atoms with Gasteiger partial charge in [-0.3, -0.25) is 14.1 Å². The van der Waals surface area contributed by atoms with Gasteiger partial charge in [0.15, 0.2) is 0 Å². The van der Waals surface area contributed by atoms with E-state index in [4.69, 9.17) is 14.5 Å². The largest absolute Gasteiger partial charge is 0.469 e. The van der Waals surface area contributed by atoms with E-state index in [0.29, 0.717) is 6.42 Å². The molecule has 0 radical (unpaired) electrons. The highest BCUT2D eigenvalue weighted by Crippen LogP contribution is 2.35. The predicted octanol–water partition coefficient (Wildman–Crippen LogP) is 3.49. The average molecular weight is 650 g/mol. The van der Waals surface area contributed by atoms with Crippen molar-refractivity contribution in [2.45, 2.75) is 84.1 Å². The van der Waals surface area contributed by atoms with Crippen LogP contribution in [0.15, 0.2) is 60.7 Å². The monoisotopic (exact) mass is 649 g/mol. The van der Waals surface area contributed by atoms with E-state index in [1.165, 1.54) is 0 Å². The number of hydrogen-bond acceptors (Lipinski definition) is 7. The summed E-state index contributed by atoms with van der Waals surface area (Å²) >= 11 is 0. The van der Waals surface area contributed by atoms with Crippen LogP contribution in [0.3, 0.4) is 0 Å². The van der Waals surface area contributed by atoms with Crippen LogP contribution >= 0.6 is 7.82 Å². The van der Waals surface area contributed by atoms with Crippen LogP contribution in [0.1, 0.15) is 58.6 Å². The fraction of sp³-hybridized carbons (Fsp3) is 0.531. The molecule has 45 heavy (non-hydrogen) atoms. The lowest BCUT2D eigenvalue weighted by Gasteiger charge is -2.30. The molecule has 0 saturated carbocycles. The van der Waals surface area contributed by atoms with Crippen molar-refractivity contribution >= 4 is 25.7 Å². The Labute approximate surface area is 265 Å². The number of phosphoric acid groups is 1. The minimum Gasteiger partial charge on any atom is -0.444 e. The van der Waals surface area contributed by atoms with E-state index in [1.54, 1.807) is 20.8 Å². The molecule has 0 aliphatic heterocycles. The Morgan fingerprint density at radius 2 is 1.40 bits per heavy atom. The van der Waals surface area contributed by atoms with Gasteiger partial charge < -0.3 is 35.6 Å². The molecule has 0 aliphatic carbocycles. The molecule has 0 bridgehead atoms. The summed E-state index contributed by atoms with van der Waals surface area (Å²) in [5.41, 5.74) is 0.970. The minimum atomic E-state index is -4.68. The highest BCUT2D eigenvalue weighted by Gasteiger charge is 2.32. The Morgan fingerprint density at radius 3 is 1.91 bits per heavy atom. The van der Waals surface area contributed by atoms with Crippen LogP contribution in [0.25, 0.3) is 0 Å². The van der Waals surface area contributed by atoms with Crippen molar-refractivity contribution in [1.29, 1.82) is 0 Å². The van der Waals surface area contributed by atoms with Gasteiger partial charge in [0.2, 0.25) is 11.8 Å². The molecular formula is C32H48N3O9P. The maximum Gasteiger partial charge on any atom is 0.469 e. The van der Waals surface area contributed by atoms with Crippen LogP contribution in [0.5, 0.6) is 0 Å². The summed E-state index contributed by atoms with van der Waals surface area (Å²) in [6.07, 6.45) is -1.02. The summed E-state index contributed by atoms with van der Waals surface area (Å²) in [6.45, 7) is 8.43. The second-order valence-corrected chi connectivity index (χ2v) is 13.7. The summed E-state index contributed by atoms with van der Waals surface area (Å²) in [7, 11) is -4.68. The fourth-order valence-corrected chi connectivity index (χ4v) is 5.03. The highest BCUT2D eigenvalue weighted by atomic mass is 31.2. The summed E-state index contributed by atoms with van der Waals surface area (Å²) in [5, 5.41) is 19.7. The number of carbonyl (C=O) groups excluding carboxylic acids is 3. The van der Waals surface area contributed by atoms with Crippen molar-refractivity contribution < 1.29 is 43.1 Å². The van der Waals surface area contributed by atoms with E-state index < -0.39 is 62.0 Å². The summed E-state index contributed by atoms with van der Waals surface area (Å²) in [5.74, 6) is -1.74. The van der Waals surface area contributed by atoms with Crippen LogP contribution in [0.4, 0.5) is 4.79 Å². The molecule has 250 valence electrons. The van der Waals surface area contributed by atoms with Crippen molar-refractivity contribution in [3.8, 4) is 0 Å². The van der Waals surface area contributed by atoms with Gasteiger partial charge in [0, 0.05) is 12.5 Å². The van der Waals surface area contributed by atoms with Gasteiger partial charge in [-0.05, 0) is 63.5 Å². The third-order valence-electron chi connectivity index (χ3n) is 6.69. The zero-order valence-electron chi connectivity index (χ0n) is 26.6. The maximum absolute atomic E-state index is 13.8. The molecule has 0 aliphatic rings. The van der Waals surface area contributed by atoms with Gasteiger partial charge in [-0.25, -0.2) is 9.36 Å². The van der Waals surface area contributed by atoms with Gasteiger partial charge in [-0.1, -0.05) is 74.5 Å². The topological polar surface area (TPSA) is 184 Å². The first-order chi connectivity index (χ1) is 21.0. The number of aliphatic hydroxyl groups is 1. The Kier molecular flexibility index (Phi) is 15.2. The van der Waals surface area contributed by atoms with Crippen molar-refractivity contribution in [3.63, 3.8) is 0 Å². The first kappa shape index (κ1) is 37.9. The van der Waals surface area contributed by atoms with E-state index in [9.17, 15) is 24.1 Å². The van der Waals surface area contributed by atoms with Gasteiger partial charge in [0.1, 0.15) is 11.6 Å². The molecule has 6 N–H and O–H groups in total. The molecule has 0 heterocycles. The lowest BCUT2D eigenvalue weighted by molar-refractivity contribution is -0.132. The molecule has 0 saturated heterocycles. The molecule has 2 rings (SSSR count). The van der Waals surface area contributed by atoms with Crippen LogP contribution in [0, 0.1) is 11.8 Å². The number of aliphatic hydroxyl groups excluding tert-OH is 1. The number of ether oxygens (including phenoxy) is 1. The molecular weight excluding hydrogens is 601 g/mol. The van der Waals surface area contributed by atoms with Gasteiger partial charge in [-0.2, -0.15) is 0 Å². The van der Waals surface area contributed by atoms with Crippen molar-refractivity contribution in [1.82, 2.24) is 16.0 Å². The number of amides is 3. The van der Waals surface area contributed by atoms with E-state index in [1.807, 2.05) is 74.5 Å². The minimum absolute atomic E-state index is 0.0267. The molecule has 12 nitrogen and oxygen atoms in total. The Bertz CT molecular complexity index is 1250. The molecule has 3 amide bonds. The van der Waals surface area contributed by atoms with E-state index in [-0.39, 0.29) is 31.7 Å². The van der Waals surface area contributed by atoms with Gasteiger partial charge >= 0.3 is 13.9 Å². The number of hydrogen-bond donors (Lipinski definition) is 6. The van der Waals surface area contributed by atoms with Gasteiger partial charge in [0.25, 0.3) is 0 Å². The second-order valence-electron chi connectivity index (χ2n) is 12.4. The highest BCUT2D eigenvalue weighted by molar-refractivity contribution is 7.46. The number of benzene rings is 2. The molecule has 0 unspecified atom stereocenters. The summed E-state index contributed by atoms with van der Waals surface area (Å²) < 4.78 is 20.8. The van der Waals surface area contributed by atoms with Crippen molar-refractivity contribution in [3.05, 3.63) is 71.8 Å². The first-order valence-corrected chi connectivity index (χ1v) is 16.6. The van der Waals surface area contributed by atoms with Crippen LogP contribution in [0.2, 0.25) is 0 Å². The lowest BCUT2D eigenvalue weighted by atomic mass is 9.88.